The van der Waals surface area contributed by atoms with Crippen LogP contribution in [-0.4, -0.2) is 60.2 Å². The van der Waals surface area contributed by atoms with Crippen molar-refractivity contribution in [3.05, 3.63) is 48.6 Å². The Hall–Kier alpha value is -2.63. The molecule has 0 radical (unpaired) electrons. The van der Waals surface area contributed by atoms with E-state index in [0.29, 0.717) is 32.4 Å². The fraction of sp³-hybridized carbons (Fsp3) is 0.476. The number of amides is 3. The van der Waals surface area contributed by atoms with Crippen LogP contribution >= 0.6 is 0 Å². The van der Waals surface area contributed by atoms with Gasteiger partial charge in [0.25, 0.3) is 0 Å². The van der Waals surface area contributed by atoms with Gasteiger partial charge in [0.15, 0.2) is 0 Å². The van der Waals surface area contributed by atoms with E-state index in [1.165, 1.54) is 6.08 Å². The van der Waals surface area contributed by atoms with Crippen molar-refractivity contribution >= 4 is 17.7 Å². The molecule has 1 N–H and O–H groups in total. The number of likely N-dealkylation sites (N-methyl/N-ethyl adjacent to an activating group) is 1. The lowest BCUT2D eigenvalue weighted by Crippen LogP contribution is -2.58. The van der Waals surface area contributed by atoms with E-state index in [4.69, 9.17) is 0 Å². The molecule has 3 amide bonds. The number of hydrogen-bond acceptors (Lipinski definition) is 3. The van der Waals surface area contributed by atoms with Gasteiger partial charge in [0.1, 0.15) is 6.04 Å². The molecule has 144 valence electrons. The Morgan fingerprint density at radius 3 is 2.48 bits per heavy atom. The van der Waals surface area contributed by atoms with Gasteiger partial charge in [-0.1, -0.05) is 36.9 Å². The zero-order valence-electron chi connectivity index (χ0n) is 15.8. The summed E-state index contributed by atoms with van der Waals surface area (Å²) in [5, 5.41) is 3.01. The number of benzene rings is 1. The summed E-state index contributed by atoms with van der Waals surface area (Å²) in [5.74, 6) is -0.258. The van der Waals surface area contributed by atoms with Crippen molar-refractivity contribution in [2.24, 2.45) is 0 Å². The molecule has 2 heterocycles. The van der Waals surface area contributed by atoms with Crippen LogP contribution in [0, 0.1) is 0 Å². The predicted molar refractivity (Wildman–Crippen MR) is 103 cm³/mol. The Balaban J connectivity index is 1.83. The maximum absolute atomic E-state index is 13.4. The standard InChI is InChI=1S/C21H27N3O3/c1-3-18(25)24-14-11-21(12-15-24,16-8-5-4-6-9-16)20(27)22-17-10-7-13-23(2)19(17)26/h3-6,8-9,17H,1,7,10-15H2,2H3,(H,22,27). The highest BCUT2D eigenvalue weighted by atomic mass is 16.2. The largest absolute Gasteiger partial charge is 0.344 e. The normalized spacial score (nSPS) is 22.3. The van der Waals surface area contributed by atoms with Crippen LogP contribution in [0.1, 0.15) is 31.2 Å². The minimum absolute atomic E-state index is 0.0305. The number of piperidine rings is 2. The molecule has 0 aliphatic carbocycles. The molecule has 0 bridgehead atoms. The van der Waals surface area contributed by atoms with E-state index in [9.17, 15) is 14.4 Å². The third-order valence-corrected chi connectivity index (χ3v) is 5.83. The molecule has 2 aliphatic rings. The first-order chi connectivity index (χ1) is 13.0. The summed E-state index contributed by atoms with van der Waals surface area (Å²) in [6.45, 7) is 5.26. The van der Waals surface area contributed by atoms with E-state index in [1.54, 1.807) is 16.8 Å². The molecule has 2 fully saturated rings. The summed E-state index contributed by atoms with van der Waals surface area (Å²) >= 11 is 0. The second-order valence-corrected chi connectivity index (χ2v) is 7.41. The number of hydrogen-bond donors (Lipinski definition) is 1. The molecule has 0 aromatic heterocycles. The zero-order chi connectivity index (χ0) is 19.4. The number of likely N-dealkylation sites (tertiary alicyclic amines) is 2. The molecule has 1 unspecified atom stereocenters. The maximum Gasteiger partial charge on any atom is 0.245 e. The van der Waals surface area contributed by atoms with Crippen molar-refractivity contribution in [1.82, 2.24) is 15.1 Å². The van der Waals surface area contributed by atoms with Crippen LogP contribution in [0.3, 0.4) is 0 Å². The van der Waals surface area contributed by atoms with Gasteiger partial charge < -0.3 is 15.1 Å². The van der Waals surface area contributed by atoms with Gasteiger partial charge in [-0.05, 0) is 37.3 Å². The molecule has 0 saturated carbocycles. The summed E-state index contributed by atoms with van der Waals surface area (Å²) in [7, 11) is 1.77. The predicted octanol–water partition coefficient (Wildman–Crippen LogP) is 1.47. The molecule has 27 heavy (non-hydrogen) atoms. The molecular weight excluding hydrogens is 342 g/mol. The van der Waals surface area contributed by atoms with E-state index >= 15 is 0 Å². The highest BCUT2D eigenvalue weighted by molar-refractivity contribution is 5.94. The van der Waals surface area contributed by atoms with E-state index < -0.39 is 11.5 Å². The quantitative estimate of drug-likeness (QED) is 0.817. The second-order valence-electron chi connectivity index (χ2n) is 7.41. The minimum Gasteiger partial charge on any atom is -0.344 e. The molecule has 1 atom stereocenters. The molecule has 0 spiro atoms. The van der Waals surface area contributed by atoms with Gasteiger partial charge in [-0.15, -0.1) is 0 Å². The Morgan fingerprint density at radius 1 is 1.19 bits per heavy atom. The lowest BCUT2D eigenvalue weighted by atomic mass is 9.71. The van der Waals surface area contributed by atoms with Gasteiger partial charge in [0.2, 0.25) is 17.7 Å². The smallest absolute Gasteiger partial charge is 0.245 e. The van der Waals surface area contributed by atoms with Crippen LogP contribution in [0.2, 0.25) is 0 Å². The first kappa shape index (κ1) is 19.1. The fourth-order valence-electron chi connectivity index (χ4n) is 4.10. The van der Waals surface area contributed by atoms with Crippen molar-refractivity contribution in [3.63, 3.8) is 0 Å². The van der Waals surface area contributed by atoms with Crippen LogP contribution in [0.25, 0.3) is 0 Å². The average Bonchev–Trinajstić information content (AvgIpc) is 2.71. The Bertz CT molecular complexity index is 723. The van der Waals surface area contributed by atoms with Gasteiger partial charge in [0, 0.05) is 26.7 Å². The van der Waals surface area contributed by atoms with Gasteiger partial charge in [-0.25, -0.2) is 0 Å². The molecule has 1 aromatic carbocycles. The lowest BCUT2D eigenvalue weighted by Gasteiger charge is -2.42. The van der Waals surface area contributed by atoms with Gasteiger partial charge in [-0.3, -0.25) is 14.4 Å². The number of nitrogens with one attached hydrogen (secondary N) is 1. The van der Waals surface area contributed by atoms with Crippen molar-refractivity contribution in [1.29, 1.82) is 0 Å². The summed E-state index contributed by atoms with van der Waals surface area (Å²) in [6.07, 6.45) is 3.92. The van der Waals surface area contributed by atoms with Crippen LogP contribution in [0.4, 0.5) is 0 Å². The van der Waals surface area contributed by atoms with E-state index in [1.807, 2.05) is 30.3 Å². The van der Waals surface area contributed by atoms with Gasteiger partial charge in [-0.2, -0.15) is 0 Å². The van der Waals surface area contributed by atoms with Crippen LogP contribution in [-0.2, 0) is 19.8 Å². The van der Waals surface area contributed by atoms with E-state index in [2.05, 4.69) is 11.9 Å². The van der Waals surface area contributed by atoms with E-state index in [-0.39, 0.29) is 17.7 Å². The van der Waals surface area contributed by atoms with Crippen molar-refractivity contribution in [2.75, 3.05) is 26.7 Å². The monoisotopic (exact) mass is 369 g/mol. The molecule has 6 heteroatoms. The zero-order valence-corrected chi connectivity index (χ0v) is 15.8. The molecule has 2 aliphatic heterocycles. The molecule has 1 aromatic rings. The number of nitrogens with zero attached hydrogens (tertiary/aromatic N) is 2. The van der Waals surface area contributed by atoms with Crippen molar-refractivity contribution in [3.8, 4) is 0 Å². The summed E-state index contributed by atoms with van der Waals surface area (Å²) < 4.78 is 0. The van der Waals surface area contributed by atoms with Gasteiger partial charge in [0.05, 0.1) is 5.41 Å². The second kappa shape index (κ2) is 7.94. The fourth-order valence-corrected chi connectivity index (χ4v) is 4.10. The third kappa shape index (κ3) is 3.75. The molecule has 2 saturated heterocycles. The third-order valence-electron chi connectivity index (χ3n) is 5.83. The summed E-state index contributed by atoms with van der Waals surface area (Å²) in [4.78, 5) is 41.1. The van der Waals surface area contributed by atoms with Crippen molar-refractivity contribution in [2.45, 2.75) is 37.1 Å². The van der Waals surface area contributed by atoms with Crippen molar-refractivity contribution < 1.29 is 14.4 Å². The van der Waals surface area contributed by atoms with Crippen LogP contribution < -0.4 is 5.32 Å². The SMILES string of the molecule is C=CC(=O)N1CCC(C(=O)NC2CCCN(C)C2=O)(c2ccccc2)CC1. The first-order valence-electron chi connectivity index (χ1n) is 9.51. The minimum atomic E-state index is -0.727. The number of carbonyl (C=O) groups excluding carboxylic acids is 3. The lowest BCUT2D eigenvalue weighted by molar-refractivity contribution is -0.140. The van der Waals surface area contributed by atoms with Crippen LogP contribution in [0.5, 0.6) is 0 Å². The summed E-state index contributed by atoms with van der Waals surface area (Å²) in [5.41, 5.74) is 0.208. The highest BCUT2D eigenvalue weighted by Crippen LogP contribution is 2.36. The first-order valence-corrected chi connectivity index (χ1v) is 9.51. The number of carbonyl (C=O) groups is 3. The Kier molecular flexibility index (Phi) is 5.63. The molecule has 6 nitrogen and oxygen atoms in total. The average molecular weight is 369 g/mol. The molecular formula is C21H27N3O3. The molecule has 3 rings (SSSR count). The van der Waals surface area contributed by atoms with Crippen LogP contribution in [0.15, 0.2) is 43.0 Å². The highest BCUT2D eigenvalue weighted by Gasteiger charge is 2.44. The van der Waals surface area contributed by atoms with Gasteiger partial charge >= 0.3 is 0 Å². The Morgan fingerprint density at radius 2 is 1.85 bits per heavy atom. The Labute approximate surface area is 160 Å². The number of rotatable bonds is 4. The summed E-state index contributed by atoms with van der Waals surface area (Å²) in [6, 6.07) is 9.21. The topological polar surface area (TPSA) is 69.7 Å². The maximum atomic E-state index is 13.4. The van der Waals surface area contributed by atoms with E-state index in [0.717, 1.165) is 18.5 Å².